The first-order valence-corrected chi connectivity index (χ1v) is 13.9. The molecule has 2 aliphatic rings. The van der Waals surface area contributed by atoms with Crippen molar-refractivity contribution in [2.45, 2.75) is 39.2 Å². The van der Waals surface area contributed by atoms with Gasteiger partial charge in [-0.3, -0.25) is 14.5 Å². The highest BCUT2D eigenvalue weighted by molar-refractivity contribution is 7.10. The molecule has 0 spiro atoms. The van der Waals surface area contributed by atoms with Crippen molar-refractivity contribution in [2.75, 3.05) is 39.3 Å². The summed E-state index contributed by atoms with van der Waals surface area (Å²) in [6.45, 7) is 8.52. The zero-order valence-corrected chi connectivity index (χ0v) is 22.1. The molecule has 6 heteroatoms. The van der Waals surface area contributed by atoms with Crippen LogP contribution in [0.3, 0.4) is 0 Å². The summed E-state index contributed by atoms with van der Waals surface area (Å²) < 4.78 is 0. The van der Waals surface area contributed by atoms with E-state index in [9.17, 15) is 9.59 Å². The van der Waals surface area contributed by atoms with E-state index in [1.165, 1.54) is 21.6 Å². The number of rotatable bonds is 5. The minimum atomic E-state index is 0.0604. The van der Waals surface area contributed by atoms with Crippen LogP contribution >= 0.6 is 11.3 Å². The summed E-state index contributed by atoms with van der Waals surface area (Å²) in [5.41, 5.74) is 5.90. The van der Waals surface area contributed by atoms with E-state index in [2.05, 4.69) is 47.5 Å². The molecule has 1 aromatic heterocycles. The van der Waals surface area contributed by atoms with Gasteiger partial charge in [0.1, 0.15) is 0 Å². The predicted octanol–water partition coefficient (Wildman–Crippen LogP) is 5.08. The summed E-state index contributed by atoms with van der Waals surface area (Å²) >= 11 is 1.85. The van der Waals surface area contributed by atoms with Gasteiger partial charge in [-0.1, -0.05) is 42.0 Å². The zero-order chi connectivity index (χ0) is 25.1. The van der Waals surface area contributed by atoms with Crippen LogP contribution in [0.2, 0.25) is 0 Å². The smallest absolute Gasteiger partial charge is 0.253 e. The van der Waals surface area contributed by atoms with Gasteiger partial charge in [0, 0.05) is 56.1 Å². The fraction of sp³-hybridized carbons (Fsp3) is 0.400. The summed E-state index contributed by atoms with van der Waals surface area (Å²) in [7, 11) is 0. The van der Waals surface area contributed by atoms with E-state index in [-0.39, 0.29) is 17.9 Å². The third-order valence-electron chi connectivity index (χ3n) is 7.60. The molecular formula is C30H35N3O2S. The van der Waals surface area contributed by atoms with E-state index in [4.69, 9.17) is 0 Å². The molecule has 0 bridgehead atoms. The maximum atomic E-state index is 13.3. The van der Waals surface area contributed by atoms with Crippen molar-refractivity contribution in [2.24, 2.45) is 0 Å². The predicted molar refractivity (Wildman–Crippen MR) is 146 cm³/mol. The van der Waals surface area contributed by atoms with Gasteiger partial charge in [0.25, 0.3) is 5.91 Å². The molecule has 0 radical (unpaired) electrons. The second-order valence-corrected chi connectivity index (χ2v) is 11.0. The van der Waals surface area contributed by atoms with Crippen LogP contribution in [-0.2, 0) is 11.2 Å². The molecule has 3 aromatic rings. The first-order chi connectivity index (χ1) is 17.5. The van der Waals surface area contributed by atoms with E-state index in [1.807, 2.05) is 52.3 Å². The highest BCUT2D eigenvalue weighted by atomic mass is 32.1. The SMILES string of the molecule is Cc1ccc(C(=O)N2CCCN(C(=O)CCN3CCc4sccc4[C@H]3c3ccccc3C)CC2)cc1. The van der Waals surface area contributed by atoms with E-state index in [1.54, 1.807) is 0 Å². The maximum Gasteiger partial charge on any atom is 0.253 e. The second-order valence-electron chi connectivity index (χ2n) is 9.99. The van der Waals surface area contributed by atoms with Crippen LogP contribution in [0.4, 0.5) is 0 Å². The van der Waals surface area contributed by atoms with Gasteiger partial charge in [0.05, 0.1) is 6.04 Å². The number of benzene rings is 2. The number of carbonyl (C=O) groups excluding carboxylic acids is 2. The lowest BCUT2D eigenvalue weighted by Crippen LogP contribution is -2.41. The molecule has 0 aliphatic carbocycles. The Morgan fingerprint density at radius 1 is 0.861 bits per heavy atom. The third-order valence-corrected chi connectivity index (χ3v) is 8.59. The van der Waals surface area contributed by atoms with Crippen LogP contribution in [0.15, 0.2) is 60.0 Å². The summed E-state index contributed by atoms with van der Waals surface area (Å²) in [4.78, 5) is 34.1. The fourth-order valence-corrected chi connectivity index (χ4v) is 6.42. The standard InChI is InChI=1S/C30H35N3O2S/c1-22-8-10-24(11-9-22)30(35)33-16-5-15-31(19-20-33)28(34)13-18-32-17-12-27-26(14-21-36-27)29(32)25-7-4-3-6-23(25)2/h3-4,6-11,14,21,29H,5,12-13,15-20H2,1-2H3/t29-/m1/s1. The van der Waals surface area contributed by atoms with Crippen molar-refractivity contribution in [1.29, 1.82) is 0 Å². The van der Waals surface area contributed by atoms with Gasteiger partial charge in [-0.05, 0) is 67.0 Å². The van der Waals surface area contributed by atoms with Crippen molar-refractivity contribution >= 4 is 23.2 Å². The molecule has 2 amide bonds. The van der Waals surface area contributed by atoms with Gasteiger partial charge in [0.2, 0.25) is 5.91 Å². The van der Waals surface area contributed by atoms with Crippen LogP contribution in [-0.4, -0.2) is 65.8 Å². The van der Waals surface area contributed by atoms with Crippen LogP contribution in [0.25, 0.3) is 0 Å². The average Bonchev–Trinajstić information content (AvgIpc) is 3.23. The number of nitrogens with zero attached hydrogens (tertiary/aromatic N) is 3. The summed E-state index contributed by atoms with van der Waals surface area (Å²) in [5, 5.41) is 2.20. The third kappa shape index (κ3) is 5.25. The Morgan fingerprint density at radius 3 is 2.42 bits per heavy atom. The zero-order valence-electron chi connectivity index (χ0n) is 21.3. The van der Waals surface area contributed by atoms with Gasteiger partial charge < -0.3 is 9.80 Å². The molecular weight excluding hydrogens is 466 g/mol. The molecule has 0 unspecified atom stereocenters. The monoisotopic (exact) mass is 501 g/mol. The number of amides is 2. The van der Waals surface area contributed by atoms with Crippen molar-refractivity contribution in [3.05, 3.63) is 92.7 Å². The fourth-order valence-electron chi connectivity index (χ4n) is 5.51. The lowest BCUT2D eigenvalue weighted by Gasteiger charge is -2.37. The van der Waals surface area contributed by atoms with Gasteiger partial charge in [-0.25, -0.2) is 0 Å². The van der Waals surface area contributed by atoms with E-state index >= 15 is 0 Å². The Balaban J connectivity index is 1.22. The Morgan fingerprint density at radius 2 is 1.61 bits per heavy atom. The molecule has 3 heterocycles. The maximum absolute atomic E-state index is 13.3. The molecule has 36 heavy (non-hydrogen) atoms. The average molecular weight is 502 g/mol. The Bertz CT molecular complexity index is 1220. The second kappa shape index (κ2) is 11.0. The van der Waals surface area contributed by atoms with Gasteiger partial charge in [0.15, 0.2) is 0 Å². The number of hydrogen-bond acceptors (Lipinski definition) is 4. The van der Waals surface area contributed by atoms with Crippen molar-refractivity contribution in [3.8, 4) is 0 Å². The van der Waals surface area contributed by atoms with E-state index < -0.39 is 0 Å². The Hall–Kier alpha value is -2.96. The first kappa shape index (κ1) is 24.7. The molecule has 1 saturated heterocycles. The normalized spacial score (nSPS) is 18.6. The van der Waals surface area contributed by atoms with Crippen molar-refractivity contribution in [3.63, 3.8) is 0 Å². The quantitative estimate of drug-likeness (QED) is 0.490. The van der Waals surface area contributed by atoms with E-state index in [0.29, 0.717) is 32.6 Å². The van der Waals surface area contributed by atoms with Crippen LogP contribution in [0.1, 0.15) is 56.4 Å². The molecule has 1 fully saturated rings. The minimum Gasteiger partial charge on any atom is -0.341 e. The molecule has 1 atom stereocenters. The largest absolute Gasteiger partial charge is 0.341 e. The molecule has 2 aliphatic heterocycles. The van der Waals surface area contributed by atoms with Gasteiger partial charge in [-0.2, -0.15) is 0 Å². The van der Waals surface area contributed by atoms with Crippen LogP contribution in [0.5, 0.6) is 0 Å². The van der Waals surface area contributed by atoms with Crippen molar-refractivity contribution in [1.82, 2.24) is 14.7 Å². The Labute approximate surface area is 218 Å². The molecule has 188 valence electrons. The molecule has 0 N–H and O–H groups in total. The highest BCUT2D eigenvalue weighted by Gasteiger charge is 2.31. The minimum absolute atomic E-state index is 0.0604. The van der Waals surface area contributed by atoms with Crippen molar-refractivity contribution < 1.29 is 9.59 Å². The number of aryl methyl sites for hydroxylation is 2. The van der Waals surface area contributed by atoms with Crippen LogP contribution < -0.4 is 0 Å². The molecule has 5 nitrogen and oxygen atoms in total. The number of thiophene rings is 1. The summed E-state index contributed by atoms with van der Waals surface area (Å²) in [6.07, 6.45) is 2.37. The van der Waals surface area contributed by atoms with Crippen LogP contribution in [0, 0.1) is 13.8 Å². The molecule has 0 saturated carbocycles. The number of carbonyl (C=O) groups is 2. The first-order valence-electron chi connectivity index (χ1n) is 13.0. The highest BCUT2D eigenvalue weighted by Crippen LogP contribution is 2.38. The van der Waals surface area contributed by atoms with Gasteiger partial charge in [-0.15, -0.1) is 11.3 Å². The summed E-state index contributed by atoms with van der Waals surface area (Å²) in [5.74, 6) is 0.254. The number of fused-ring (bicyclic) bond motifs is 1. The lowest BCUT2D eigenvalue weighted by molar-refractivity contribution is -0.131. The van der Waals surface area contributed by atoms with Gasteiger partial charge >= 0.3 is 0 Å². The summed E-state index contributed by atoms with van der Waals surface area (Å²) in [6, 6.07) is 18.8. The van der Waals surface area contributed by atoms with E-state index in [0.717, 1.165) is 37.1 Å². The Kier molecular flexibility index (Phi) is 7.54. The molecule has 2 aromatic carbocycles. The molecule has 5 rings (SSSR count). The lowest BCUT2D eigenvalue weighted by atomic mass is 9.90. The number of hydrogen-bond donors (Lipinski definition) is 0. The topological polar surface area (TPSA) is 43.9 Å².